The molecule has 0 unspecified atom stereocenters. The molecule has 1 aromatic carbocycles. The van der Waals surface area contributed by atoms with Gasteiger partial charge in [-0.1, -0.05) is 6.07 Å². The average molecular weight is 409 g/mol. The van der Waals surface area contributed by atoms with Crippen LogP contribution in [0.15, 0.2) is 43.2 Å². The van der Waals surface area contributed by atoms with Gasteiger partial charge in [0.2, 0.25) is 5.91 Å². The first-order valence-electron chi connectivity index (χ1n) is 9.58. The minimum Gasteiger partial charge on any atom is -0.493 e. The summed E-state index contributed by atoms with van der Waals surface area (Å²) in [5.41, 5.74) is 1.07. The van der Waals surface area contributed by atoms with E-state index in [1.807, 2.05) is 29.2 Å². The standard InChI is InChI=1S/C20H23N7O3/c1-29-16-4-3-14(7-17(16)30-2)5-6-22-20(28)15-9-26(10-15)18-8-19(24-12-23-18)27-13-21-11-25-27/h3-4,7-8,11-13,15H,5-6,9-10H2,1-2H3,(H,22,28). The third-order valence-electron chi connectivity index (χ3n) is 5.03. The second kappa shape index (κ2) is 8.76. The quantitative estimate of drug-likeness (QED) is 0.584. The minimum atomic E-state index is -0.0554. The largest absolute Gasteiger partial charge is 0.493 e. The number of benzene rings is 1. The zero-order chi connectivity index (χ0) is 20.9. The van der Waals surface area contributed by atoms with Crippen LogP contribution in [0.4, 0.5) is 5.82 Å². The van der Waals surface area contributed by atoms with Crippen LogP contribution in [0.5, 0.6) is 11.5 Å². The summed E-state index contributed by atoms with van der Waals surface area (Å²) in [5, 5.41) is 7.08. The van der Waals surface area contributed by atoms with Crippen molar-refractivity contribution in [2.45, 2.75) is 6.42 Å². The zero-order valence-corrected chi connectivity index (χ0v) is 16.9. The Morgan fingerprint density at radius 2 is 1.90 bits per heavy atom. The van der Waals surface area contributed by atoms with Gasteiger partial charge >= 0.3 is 0 Å². The molecular weight excluding hydrogens is 386 g/mol. The number of methoxy groups -OCH3 is 2. The Morgan fingerprint density at radius 1 is 1.10 bits per heavy atom. The lowest BCUT2D eigenvalue weighted by molar-refractivity contribution is -0.125. The highest BCUT2D eigenvalue weighted by atomic mass is 16.5. The van der Waals surface area contributed by atoms with E-state index in [2.05, 4.69) is 25.4 Å². The van der Waals surface area contributed by atoms with E-state index in [4.69, 9.17) is 9.47 Å². The van der Waals surface area contributed by atoms with Crippen molar-refractivity contribution in [1.82, 2.24) is 30.0 Å². The summed E-state index contributed by atoms with van der Waals surface area (Å²) in [6.07, 6.45) is 5.24. The maximum atomic E-state index is 12.4. The third-order valence-corrected chi connectivity index (χ3v) is 5.03. The molecule has 2 aromatic heterocycles. The number of anilines is 1. The highest BCUT2D eigenvalue weighted by Gasteiger charge is 2.33. The number of nitrogens with one attached hydrogen (secondary N) is 1. The predicted octanol–water partition coefficient (Wildman–Crippen LogP) is 0.870. The molecule has 1 fully saturated rings. The Balaban J connectivity index is 1.26. The molecule has 1 amide bonds. The summed E-state index contributed by atoms with van der Waals surface area (Å²) in [6.45, 7) is 1.81. The number of aromatic nitrogens is 5. The van der Waals surface area contributed by atoms with Gasteiger partial charge in [-0.05, 0) is 24.1 Å². The molecule has 156 valence electrons. The minimum absolute atomic E-state index is 0.0530. The van der Waals surface area contributed by atoms with Gasteiger partial charge in [0, 0.05) is 25.7 Å². The molecule has 0 bridgehead atoms. The maximum Gasteiger partial charge on any atom is 0.226 e. The van der Waals surface area contributed by atoms with E-state index in [1.165, 1.54) is 12.7 Å². The highest BCUT2D eigenvalue weighted by molar-refractivity contribution is 5.81. The Morgan fingerprint density at radius 3 is 2.63 bits per heavy atom. The first-order valence-corrected chi connectivity index (χ1v) is 9.58. The molecule has 1 saturated heterocycles. The Bertz CT molecular complexity index is 1000. The molecule has 4 rings (SSSR count). The molecule has 0 saturated carbocycles. The number of hydrogen-bond acceptors (Lipinski definition) is 8. The van der Waals surface area contributed by atoms with E-state index >= 15 is 0 Å². The van der Waals surface area contributed by atoms with Gasteiger partial charge in [0.1, 0.15) is 24.8 Å². The molecule has 1 aliphatic heterocycles. The van der Waals surface area contributed by atoms with Crippen molar-refractivity contribution >= 4 is 11.7 Å². The van der Waals surface area contributed by atoms with Crippen molar-refractivity contribution < 1.29 is 14.3 Å². The summed E-state index contributed by atoms with van der Waals surface area (Å²) in [5.74, 6) is 2.78. The molecule has 0 spiro atoms. The van der Waals surface area contributed by atoms with Crippen LogP contribution in [-0.2, 0) is 11.2 Å². The van der Waals surface area contributed by atoms with Crippen LogP contribution in [0.25, 0.3) is 5.82 Å². The SMILES string of the molecule is COc1ccc(CCNC(=O)C2CN(c3cc(-n4cncn4)ncn3)C2)cc1OC. The summed E-state index contributed by atoms with van der Waals surface area (Å²) in [4.78, 5) is 26.9. The van der Waals surface area contributed by atoms with E-state index in [1.54, 1.807) is 25.2 Å². The first kappa shape index (κ1) is 19.6. The molecule has 10 heteroatoms. The molecule has 10 nitrogen and oxygen atoms in total. The van der Waals surface area contributed by atoms with Crippen LogP contribution in [0, 0.1) is 5.92 Å². The van der Waals surface area contributed by atoms with Gasteiger partial charge in [0.05, 0.1) is 20.1 Å². The fourth-order valence-corrected chi connectivity index (χ4v) is 3.30. The average Bonchev–Trinajstić information content (AvgIpc) is 3.28. The van der Waals surface area contributed by atoms with Crippen molar-refractivity contribution in [1.29, 1.82) is 0 Å². The number of rotatable bonds is 8. The fourth-order valence-electron chi connectivity index (χ4n) is 3.30. The molecule has 1 N–H and O–H groups in total. The zero-order valence-electron chi connectivity index (χ0n) is 16.9. The van der Waals surface area contributed by atoms with Gasteiger partial charge in [-0.3, -0.25) is 4.79 Å². The van der Waals surface area contributed by atoms with Gasteiger partial charge in [0.15, 0.2) is 17.3 Å². The van der Waals surface area contributed by atoms with Gasteiger partial charge < -0.3 is 19.7 Å². The van der Waals surface area contributed by atoms with Crippen molar-refractivity contribution in [2.75, 3.05) is 38.8 Å². The normalized spacial score (nSPS) is 13.6. The first-order chi connectivity index (χ1) is 14.7. The van der Waals surface area contributed by atoms with Gasteiger partial charge in [-0.25, -0.2) is 19.6 Å². The second-order valence-corrected chi connectivity index (χ2v) is 6.91. The Labute approximate surface area is 173 Å². The molecule has 3 aromatic rings. The molecule has 0 aliphatic carbocycles. The topological polar surface area (TPSA) is 107 Å². The van der Waals surface area contributed by atoms with Crippen molar-refractivity contribution in [3.63, 3.8) is 0 Å². The maximum absolute atomic E-state index is 12.4. The lowest BCUT2D eigenvalue weighted by Crippen LogP contribution is -2.54. The summed E-state index contributed by atoms with van der Waals surface area (Å²) < 4.78 is 12.1. The molecule has 0 radical (unpaired) electrons. The van der Waals surface area contributed by atoms with Crippen LogP contribution in [0.1, 0.15) is 5.56 Å². The molecular formula is C20H23N7O3. The van der Waals surface area contributed by atoms with Crippen LogP contribution in [-0.4, -0.2) is 64.5 Å². The smallest absolute Gasteiger partial charge is 0.226 e. The van der Waals surface area contributed by atoms with E-state index in [-0.39, 0.29) is 11.8 Å². The molecule has 0 atom stereocenters. The molecule has 3 heterocycles. The second-order valence-electron chi connectivity index (χ2n) is 6.91. The lowest BCUT2D eigenvalue weighted by Gasteiger charge is -2.39. The molecule has 1 aliphatic rings. The number of carbonyl (C=O) groups is 1. The number of ether oxygens (including phenoxy) is 2. The lowest BCUT2D eigenvalue weighted by atomic mass is 9.99. The van der Waals surface area contributed by atoms with Crippen molar-refractivity contribution in [2.24, 2.45) is 5.92 Å². The van der Waals surface area contributed by atoms with Crippen LogP contribution >= 0.6 is 0 Å². The Kier molecular flexibility index (Phi) is 5.73. The molecule has 30 heavy (non-hydrogen) atoms. The summed E-state index contributed by atoms with van der Waals surface area (Å²) in [6, 6.07) is 7.60. The number of nitrogens with zero attached hydrogens (tertiary/aromatic N) is 6. The highest BCUT2D eigenvalue weighted by Crippen LogP contribution is 2.27. The monoisotopic (exact) mass is 409 g/mol. The number of carbonyl (C=O) groups excluding carboxylic acids is 1. The van der Waals surface area contributed by atoms with Crippen LogP contribution in [0.3, 0.4) is 0 Å². The summed E-state index contributed by atoms with van der Waals surface area (Å²) in [7, 11) is 3.22. The van der Waals surface area contributed by atoms with E-state index < -0.39 is 0 Å². The fraction of sp³-hybridized carbons (Fsp3) is 0.350. The van der Waals surface area contributed by atoms with Crippen molar-refractivity contribution in [3.05, 3.63) is 48.8 Å². The predicted molar refractivity (Wildman–Crippen MR) is 109 cm³/mol. The van der Waals surface area contributed by atoms with Crippen LogP contribution in [0.2, 0.25) is 0 Å². The summed E-state index contributed by atoms with van der Waals surface area (Å²) >= 11 is 0. The van der Waals surface area contributed by atoms with Gasteiger partial charge in [-0.15, -0.1) is 0 Å². The Hall–Kier alpha value is -3.69. The van der Waals surface area contributed by atoms with Crippen LogP contribution < -0.4 is 19.7 Å². The van der Waals surface area contributed by atoms with Gasteiger partial charge in [-0.2, -0.15) is 5.10 Å². The van der Waals surface area contributed by atoms with Crippen molar-refractivity contribution in [3.8, 4) is 17.3 Å². The van der Waals surface area contributed by atoms with E-state index in [0.717, 1.165) is 17.8 Å². The van der Waals surface area contributed by atoms with E-state index in [9.17, 15) is 4.79 Å². The number of amides is 1. The van der Waals surface area contributed by atoms with Gasteiger partial charge in [0.25, 0.3) is 0 Å². The number of hydrogen-bond donors (Lipinski definition) is 1. The third kappa shape index (κ3) is 4.17. The van der Waals surface area contributed by atoms with E-state index in [0.29, 0.717) is 37.0 Å².